The molecule has 14 heavy (non-hydrogen) atoms. The molecule has 0 heterocycles. The van der Waals surface area contributed by atoms with E-state index in [1.807, 2.05) is 12.1 Å². The lowest BCUT2D eigenvalue weighted by Crippen LogP contribution is -2.27. The van der Waals surface area contributed by atoms with Crippen molar-refractivity contribution in [2.75, 3.05) is 6.54 Å². The van der Waals surface area contributed by atoms with Crippen molar-refractivity contribution in [1.29, 1.82) is 0 Å². The first-order valence-corrected chi connectivity index (χ1v) is 4.47. The third kappa shape index (κ3) is 2.42. The van der Waals surface area contributed by atoms with Gasteiger partial charge in [0, 0.05) is 6.54 Å². The molecule has 3 heteroatoms. The average molecular weight is 193 g/mol. The van der Waals surface area contributed by atoms with Crippen molar-refractivity contribution in [3.63, 3.8) is 0 Å². The Morgan fingerprint density at radius 1 is 1.29 bits per heavy atom. The Bertz CT molecular complexity index is 295. The molecule has 0 aliphatic rings. The van der Waals surface area contributed by atoms with Crippen molar-refractivity contribution in [1.82, 2.24) is 0 Å². The molecule has 0 spiro atoms. The summed E-state index contributed by atoms with van der Waals surface area (Å²) in [6, 6.07) is 7.16. The van der Waals surface area contributed by atoms with Crippen LogP contribution in [0.4, 0.5) is 0 Å². The van der Waals surface area contributed by atoms with Gasteiger partial charge in [-0.2, -0.15) is 0 Å². The molecule has 1 rings (SSSR count). The van der Waals surface area contributed by atoms with Gasteiger partial charge in [0.05, 0.1) is 6.10 Å². The molecule has 1 aromatic carbocycles. The summed E-state index contributed by atoms with van der Waals surface area (Å²) in [7, 11) is 0. The summed E-state index contributed by atoms with van der Waals surface area (Å²) in [6.07, 6.45) is -0.112. The Morgan fingerprint density at radius 2 is 1.86 bits per heavy atom. The second-order valence-corrected chi connectivity index (χ2v) is 3.12. The molecule has 0 saturated heterocycles. The summed E-state index contributed by atoms with van der Waals surface area (Å²) < 4.78 is 0. The highest BCUT2D eigenvalue weighted by Crippen LogP contribution is 2.17. The van der Waals surface area contributed by atoms with Gasteiger partial charge in [0.1, 0.15) is 6.10 Å². The Morgan fingerprint density at radius 3 is 2.29 bits per heavy atom. The lowest BCUT2D eigenvalue weighted by molar-refractivity contribution is 0.0243. The predicted molar refractivity (Wildman–Crippen MR) is 56.6 cm³/mol. The highest BCUT2D eigenvalue weighted by atomic mass is 16.3. The maximum absolute atomic E-state index is 9.60. The molecule has 0 amide bonds. The van der Waals surface area contributed by atoms with Gasteiger partial charge >= 0.3 is 0 Å². The Labute approximate surface area is 83.5 Å². The lowest BCUT2D eigenvalue weighted by atomic mass is 10.0. The van der Waals surface area contributed by atoms with Gasteiger partial charge < -0.3 is 15.9 Å². The first-order valence-electron chi connectivity index (χ1n) is 4.47. The van der Waals surface area contributed by atoms with Crippen molar-refractivity contribution in [3.8, 4) is 0 Å². The molecule has 0 aliphatic carbocycles. The molecule has 2 atom stereocenters. The number of nitrogens with two attached hydrogens (primary N) is 1. The first kappa shape index (κ1) is 10.9. The largest absolute Gasteiger partial charge is 0.389 e. The number of hydrogen-bond donors (Lipinski definition) is 3. The number of aliphatic hydroxyl groups is 2. The van der Waals surface area contributed by atoms with Gasteiger partial charge in [0.25, 0.3) is 0 Å². The number of benzene rings is 1. The topological polar surface area (TPSA) is 66.5 Å². The van der Waals surface area contributed by atoms with Crippen LogP contribution in [0.5, 0.6) is 0 Å². The molecule has 0 bridgehead atoms. The second-order valence-electron chi connectivity index (χ2n) is 3.12. The smallest absolute Gasteiger partial charge is 0.106 e. The van der Waals surface area contributed by atoms with E-state index < -0.39 is 12.2 Å². The van der Waals surface area contributed by atoms with Crippen molar-refractivity contribution >= 4 is 6.08 Å². The Hall–Kier alpha value is -1.16. The quantitative estimate of drug-likeness (QED) is 0.659. The number of hydrogen-bond acceptors (Lipinski definition) is 3. The van der Waals surface area contributed by atoms with Crippen LogP contribution in [0.2, 0.25) is 0 Å². The zero-order valence-electron chi connectivity index (χ0n) is 7.93. The maximum atomic E-state index is 9.60. The monoisotopic (exact) mass is 193 g/mol. The van der Waals surface area contributed by atoms with Crippen molar-refractivity contribution in [2.24, 2.45) is 5.73 Å². The van der Waals surface area contributed by atoms with Gasteiger partial charge in [-0.05, 0) is 11.1 Å². The van der Waals surface area contributed by atoms with E-state index in [0.717, 1.165) is 5.56 Å². The van der Waals surface area contributed by atoms with Crippen molar-refractivity contribution < 1.29 is 10.2 Å². The molecule has 1 aromatic rings. The van der Waals surface area contributed by atoms with E-state index in [1.165, 1.54) is 0 Å². The molecule has 76 valence electrons. The Balaban J connectivity index is 2.80. The van der Waals surface area contributed by atoms with Gasteiger partial charge in [-0.15, -0.1) is 0 Å². The summed E-state index contributed by atoms with van der Waals surface area (Å²) in [5.41, 5.74) is 6.88. The van der Waals surface area contributed by atoms with Gasteiger partial charge in [-0.1, -0.05) is 36.9 Å². The van der Waals surface area contributed by atoms with E-state index in [1.54, 1.807) is 18.2 Å². The minimum atomic E-state index is -0.918. The van der Waals surface area contributed by atoms with E-state index in [2.05, 4.69) is 6.58 Å². The second kappa shape index (κ2) is 4.91. The highest BCUT2D eigenvalue weighted by molar-refractivity contribution is 5.47. The van der Waals surface area contributed by atoms with Crippen LogP contribution in [0.25, 0.3) is 6.08 Å². The Kier molecular flexibility index (Phi) is 3.83. The number of rotatable bonds is 4. The van der Waals surface area contributed by atoms with Gasteiger partial charge in [-0.25, -0.2) is 0 Å². The van der Waals surface area contributed by atoms with Crippen LogP contribution < -0.4 is 5.73 Å². The van der Waals surface area contributed by atoms with Crippen molar-refractivity contribution in [3.05, 3.63) is 42.0 Å². The third-order valence-corrected chi connectivity index (χ3v) is 2.12. The fourth-order valence-corrected chi connectivity index (χ4v) is 1.18. The summed E-state index contributed by atoms with van der Waals surface area (Å²) in [5.74, 6) is 0. The molecule has 0 radical (unpaired) electrons. The summed E-state index contributed by atoms with van der Waals surface area (Å²) in [4.78, 5) is 0. The van der Waals surface area contributed by atoms with Crippen molar-refractivity contribution in [2.45, 2.75) is 12.2 Å². The molecule has 2 unspecified atom stereocenters. The fraction of sp³-hybridized carbons (Fsp3) is 0.273. The molecule has 0 aromatic heterocycles. The minimum Gasteiger partial charge on any atom is -0.389 e. The van der Waals surface area contributed by atoms with Crippen LogP contribution in [0, 0.1) is 0 Å². The molecule has 0 fully saturated rings. The van der Waals surface area contributed by atoms with Crippen LogP contribution in [0.1, 0.15) is 17.2 Å². The normalized spacial score (nSPS) is 14.8. The molecule has 0 aliphatic heterocycles. The van der Waals surface area contributed by atoms with E-state index >= 15 is 0 Å². The average Bonchev–Trinajstić information content (AvgIpc) is 2.27. The minimum absolute atomic E-state index is 0.0460. The van der Waals surface area contributed by atoms with Crippen LogP contribution in [0.3, 0.4) is 0 Å². The standard InChI is InChI=1S/C11H15NO2/c1-2-8-3-5-9(6-4-8)11(14)10(13)7-12/h2-6,10-11,13-14H,1,7,12H2. The van der Waals surface area contributed by atoms with Gasteiger partial charge in [0.2, 0.25) is 0 Å². The molecule has 3 nitrogen and oxygen atoms in total. The van der Waals surface area contributed by atoms with Gasteiger partial charge in [0.15, 0.2) is 0 Å². The number of aliphatic hydroxyl groups excluding tert-OH is 2. The summed E-state index contributed by atoms with van der Waals surface area (Å²) in [5, 5.41) is 18.9. The lowest BCUT2D eigenvalue weighted by Gasteiger charge is -2.16. The van der Waals surface area contributed by atoms with Crippen LogP contribution >= 0.6 is 0 Å². The third-order valence-electron chi connectivity index (χ3n) is 2.12. The summed E-state index contributed by atoms with van der Waals surface area (Å²) >= 11 is 0. The fourth-order valence-electron chi connectivity index (χ4n) is 1.18. The molecule has 0 saturated carbocycles. The van der Waals surface area contributed by atoms with Crippen LogP contribution in [-0.4, -0.2) is 22.9 Å². The zero-order valence-corrected chi connectivity index (χ0v) is 7.93. The van der Waals surface area contributed by atoms with E-state index in [0.29, 0.717) is 5.56 Å². The zero-order chi connectivity index (χ0) is 10.6. The van der Waals surface area contributed by atoms with E-state index in [4.69, 9.17) is 5.73 Å². The maximum Gasteiger partial charge on any atom is 0.106 e. The van der Waals surface area contributed by atoms with E-state index in [9.17, 15) is 10.2 Å². The SMILES string of the molecule is C=Cc1ccc(C(O)C(O)CN)cc1. The molecular weight excluding hydrogens is 178 g/mol. The molecule has 4 N–H and O–H groups in total. The van der Waals surface area contributed by atoms with Gasteiger partial charge in [-0.3, -0.25) is 0 Å². The van der Waals surface area contributed by atoms with Crippen LogP contribution in [0.15, 0.2) is 30.8 Å². The first-order chi connectivity index (χ1) is 6.69. The predicted octanol–water partition coefficient (Wildman–Crippen LogP) is 0.683. The van der Waals surface area contributed by atoms with E-state index in [-0.39, 0.29) is 6.54 Å². The highest BCUT2D eigenvalue weighted by Gasteiger charge is 2.15. The summed E-state index contributed by atoms with van der Waals surface area (Å²) in [6.45, 7) is 3.67. The van der Waals surface area contributed by atoms with Crippen LogP contribution in [-0.2, 0) is 0 Å². The molecular formula is C11H15NO2.